The highest BCUT2D eigenvalue weighted by molar-refractivity contribution is 5.82. The molecular weight excluding hydrogens is 192 g/mol. The number of rotatable bonds is 2. The molecule has 0 radical (unpaired) electrons. The molecule has 1 fully saturated rings. The topological polar surface area (TPSA) is 64.2 Å². The largest absolute Gasteiger partial charge is 0.337 e. The predicted molar refractivity (Wildman–Crippen MR) is 55.8 cm³/mol. The van der Waals surface area contributed by atoms with E-state index >= 15 is 0 Å². The number of piperidine rings is 1. The van der Waals surface area contributed by atoms with Crippen molar-refractivity contribution < 1.29 is 4.79 Å². The lowest BCUT2D eigenvalue weighted by Gasteiger charge is -2.30. The molecule has 2 heterocycles. The maximum absolute atomic E-state index is 11.7. The van der Waals surface area contributed by atoms with Gasteiger partial charge in [-0.25, -0.2) is 4.98 Å². The summed E-state index contributed by atoms with van der Waals surface area (Å²) in [7, 11) is 1.93. The molecule has 1 amide bonds. The zero-order chi connectivity index (χ0) is 10.8. The van der Waals surface area contributed by atoms with Gasteiger partial charge in [-0.15, -0.1) is 0 Å². The van der Waals surface area contributed by atoms with E-state index in [2.05, 4.69) is 4.98 Å². The lowest BCUT2D eigenvalue weighted by Crippen LogP contribution is -2.48. The average Bonchev–Trinajstić information content (AvgIpc) is 2.60. The van der Waals surface area contributed by atoms with Gasteiger partial charge in [0.1, 0.15) is 5.82 Å². The molecule has 1 aromatic rings. The number of imidazole rings is 1. The third kappa shape index (κ3) is 2.02. The Balaban J connectivity index is 2.05. The summed E-state index contributed by atoms with van der Waals surface area (Å²) >= 11 is 0. The van der Waals surface area contributed by atoms with Crippen LogP contribution in [0.4, 0.5) is 0 Å². The van der Waals surface area contributed by atoms with Crippen molar-refractivity contribution in [1.82, 2.24) is 14.5 Å². The van der Waals surface area contributed by atoms with Crippen LogP contribution < -0.4 is 5.73 Å². The summed E-state index contributed by atoms with van der Waals surface area (Å²) in [6, 6.07) is -0.320. The minimum absolute atomic E-state index is 0.0456. The van der Waals surface area contributed by atoms with E-state index in [1.54, 1.807) is 11.1 Å². The first-order valence-corrected chi connectivity index (χ1v) is 5.19. The van der Waals surface area contributed by atoms with E-state index in [-0.39, 0.29) is 11.9 Å². The van der Waals surface area contributed by atoms with Crippen LogP contribution in [0.1, 0.15) is 18.7 Å². The zero-order valence-electron chi connectivity index (χ0n) is 8.89. The number of amides is 1. The Hall–Kier alpha value is -1.36. The molecule has 0 aliphatic carbocycles. The van der Waals surface area contributed by atoms with Crippen LogP contribution in [0.25, 0.3) is 0 Å². The Morgan fingerprint density at radius 3 is 3.13 bits per heavy atom. The SMILES string of the molecule is Cn1ccnc1CN1CCC[C@H](N)C1=O. The number of hydrogen-bond donors (Lipinski definition) is 1. The molecule has 0 unspecified atom stereocenters. The Kier molecular flexibility index (Phi) is 2.73. The van der Waals surface area contributed by atoms with Crippen LogP contribution in [0.2, 0.25) is 0 Å². The van der Waals surface area contributed by atoms with Crippen LogP contribution in [0.5, 0.6) is 0 Å². The second-order valence-corrected chi connectivity index (χ2v) is 3.96. The molecule has 0 bridgehead atoms. The molecule has 15 heavy (non-hydrogen) atoms. The smallest absolute Gasteiger partial charge is 0.239 e. The summed E-state index contributed by atoms with van der Waals surface area (Å²) in [6.45, 7) is 1.36. The fraction of sp³-hybridized carbons (Fsp3) is 0.600. The molecule has 82 valence electrons. The normalized spacial score (nSPS) is 22.1. The van der Waals surface area contributed by atoms with Gasteiger partial charge in [0.25, 0.3) is 0 Å². The molecule has 0 saturated carbocycles. The molecule has 1 saturated heterocycles. The molecule has 1 aliphatic rings. The number of likely N-dealkylation sites (tertiary alicyclic amines) is 1. The van der Waals surface area contributed by atoms with E-state index in [1.165, 1.54) is 0 Å². The quantitative estimate of drug-likeness (QED) is 0.736. The van der Waals surface area contributed by atoms with Crippen LogP contribution >= 0.6 is 0 Å². The minimum atomic E-state index is -0.320. The average molecular weight is 208 g/mol. The van der Waals surface area contributed by atoms with E-state index in [9.17, 15) is 4.79 Å². The second-order valence-electron chi connectivity index (χ2n) is 3.96. The van der Waals surface area contributed by atoms with Crippen LogP contribution in [0.3, 0.4) is 0 Å². The van der Waals surface area contributed by atoms with Crippen molar-refractivity contribution in [3.8, 4) is 0 Å². The van der Waals surface area contributed by atoms with Crippen molar-refractivity contribution in [1.29, 1.82) is 0 Å². The van der Waals surface area contributed by atoms with Crippen molar-refractivity contribution in [2.75, 3.05) is 6.54 Å². The van der Waals surface area contributed by atoms with Gasteiger partial charge in [-0.05, 0) is 12.8 Å². The van der Waals surface area contributed by atoms with Crippen LogP contribution in [0, 0.1) is 0 Å². The summed E-state index contributed by atoms with van der Waals surface area (Å²) in [5.74, 6) is 0.946. The summed E-state index contributed by atoms with van der Waals surface area (Å²) in [5, 5.41) is 0. The second kappa shape index (κ2) is 4.02. The highest BCUT2D eigenvalue weighted by atomic mass is 16.2. The number of aryl methyl sites for hydroxylation is 1. The number of carbonyl (C=O) groups excluding carboxylic acids is 1. The molecule has 1 aromatic heterocycles. The number of aromatic nitrogens is 2. The Morgan fingerprint density at radius 1 is 1.67 bits per heavy atom. The van der Waals surface area contributed by atoms with Gasteiger partial charge in [0, 0.05) is 26.0 Å². The maximum atomic E-state index is 11.7. The molecule has 0 aromatic carbocycles. The van der Waals surface area contributed by atoms with Gasteiger partial charge in [0.05, 0.1) is 12.6 Å². The summed E-state index contributed by atoms with van der Waals surface area (Å²) < 4.78 is 1.92. The van der Waals surface area contributed by atoms with Crippen molar-refractivity contribution in [2.45, 2.75) is 25.4 Å². The van der Waals surface area contributed by atoms with Gasteiger partial charge >= 0.3 is 0 Å². The fourth-order valence-electron chi connectivity index (χ4n) is 1.85. The van der Waals surface area contributed by atoms with E-state index in [4.69, 9.17) is 5.73 Å². The lowest BCUT2D eigenvalue weighted by molar-refractivity contribution is -0.135. The Bertz CT molecular complexity index is 360. The van der Waals surface area contributed by atoms with Gasteiger partial charge in [-0.1, -0.05) is 0 Å². The van der Waals surface area contributed by atoms with Gasteiger partial charge < -0.3 is 15.2 Å². The lowest BCUT2D eigenvalue weighted by atomic mass is 10.1. The predicted octanol–water partition coefficient (Wildman–Crippen LogP) is -0.130. The number of hydrogen-bond acceptors (Lipinski definition) is 3. The van der Waals surface area contributed by atoms with E-state index < -0.39 is 0 Å². The first-order valence-electron chi connectivity index (χ1n) is 5.19. The monoisotopic (exact) mass is 208 g/mol. The molecule has 2 rings (SSSR count). The third-order valence-corrected chi connectivity index (χ3v) is 2.83. The third-order valence-electron chi connectivity index (χ3n) is 2.83. The molecular formula is C10H16N4O. The minimum Gasteiger partial charge on any atom is -0.337 e. The van der Waals surface area contributed by atoms with Crippen molar-refractivity contribution >= 4 is 5.91 Å². The molecule has 1 atom stereocenters. The van der Waals surface area contributed by atoms with Gasteiger partial charge in [-0.3, -0.25) is 4.79 Å². The van der Waals surface area contributed by atoms with E-state index in [0.29, 0.717) is 6.54 Å². The highest BCUT2D eigenvalue weighted by Gasteiger charge is 2.26. The van der Waals surface area contributed by atoms with Crippen LogP contribution in [-0.2, 0) is 18.4 Å². The molecule has 5 heteroatoms. The first-order chi connectivity index (χ1) is 7.18. The van der Waals surface area contributed by atoms with Gasteiger partial charge in [0.15, 0.2) is 0 Å². The maximum Gasteiger partial charge on any atom is 0.239 e. The fourth-order valence-corrected chi connectivity index (χ4v) is 1.85. The van der Waals surface area contributed by atoms with Crippen molar-refractivity contribution in [3.63, 3.8) is 0 Å². The molecule has 2 N–H and O–H groups in total. The summed E-state index contributed by atoms with van der Waals surface area (Å²) in [4.78, 5) is 17.7. The van der Waals surface area contributed by atoms with Gasteiger partial charge in [0.2, 0.25) is 5.91 Å². The number of carbonyl (C=O) groups is 1. The zero-order valence-corrected chi connectivity index (χ0v) is 8.89. The van der Waals surface area contributed by atoms with E-state index in [0.717, 1.165) is 25.2 Å². The van der Waals surface area contributed by atoms with Gasteiger partial charge in [-0.2, -0.15) is 0 Å². The molecule has 0 spiro atoms. The molecule has 1 aliphatic heterocycles. The van der Waals surface area contributed by atoms with Crippen LogP contribution in [-0.4, -0.2) is 32.9 Å². The standard InChI is InChI=1S/C10H16N4O/c1-13-6-4-12-9(13)7-14-5-2-3-8(11)10(14)15/h4,6,8H,2-3,5,7,11H2,1H3/t8-/m0/s1. The summed E-state index contributed by atoms with van der Waals surface area (Å²) in [6.07, 6.45) is 5.40. The molecule has 5 nitrogen and oxygen atoms in total. The number of nitrogens with zero attached hydrogens (tertiary/aromatic N) is 3. The Morgan fingerprint density at radius 2 is 2.47 bits per heavy atom. The highest BCUT2D eigenvalue weighted by Crippen LogP contribution is 2.12. The Labute approximate surface area is 88.9 Å². The summed E-state index contributed by atoms with van der Waals surface area (Å²) in [5.41, 5.74) is 5.72. The van der Waals surface area contributed by atoms with E-state index in [1.807, 2.05) is 17.8 Å². The van der Waals surface area contributed by atoms with Crippen molar-refractivity contribution in [2.24, 2.45) is 12.8 Å². The van der Waals surface area contributed by atoms with Crippen LogP contribution in [0.15, 0.2) is 12.4 Å². The number of nitrogens with two attached hydrogens (primary N) is 1. The first kappa shape index (κ1) is 10.2. The van der Waals surface area contributed by atoms with Crippen molar-refractivity contribution in [3.05, 3.63) is 18.2 Å².